The van der Waals surface area contributed by atoms with Crippen LogP contribution in [0.5, 0.6) is 0 Å². The second-order valence-electron chi connectivity index (χ2n) is 17.3. The first-order chi connectivity index (χ1) is 28.3. The van der Waals surface area contributed by atoms with Gasteiger partial charge in [0.25, 0.3) is 0 Å². The van der Waals surface area contributed by atoms with Crippen molar-refractivity contribution in [3.63, 3.8) is 0 Å². The minimum absolute atomic E-state index is 0.193. The van der Waals surface area contributed by atoms with Crippen LogP contribution in [-0.4, -0.2) is 87.5 Å². The van der Waals surface area contributed by atoms with Gasteiger partial charge in [0.1, 0.15) is 24.4 Å². The zero-order chi connectivity index (χ0) is 42.3. The molecule has 6 N–H and O–H groups in total. The minimum Gasteiger partial charge on any atom is -0.394 e. The van der Waals surface area contributed by atoms with E-state index in [1.807, 2.05) is 6.08 Å². The Kier molecular flexibility index (Phi) is 37.5. The number of unbranched alkanes of at least 4 members (excludes halogenated alkanes) is 29. The quantitative estimate of drug-likeness (QED) is 0.0264. The molecule has 0 radical (unpaired) electrons. The monoisotopic (exact) mass is 824 g/mol. The van der Waals surface area contributed by atoms with E-state index in [9.17, 15) is 30.3 Å². The molecule has 9 nitrogen and oxygen atoms in total. The largest absolute Gasteiger partial charge is 0.394 e. The summed E-state index contributed by atoms with van der Waals surface area (Å²) in [7, 11) is 0. The molecule has 1 aliphatic rings. The summed E-state index contributed by atoms with van der Waals surface area (Å²) in [4.78, 5) is 12.8. The smallest absolute Gasteiger partial charge is 0.220 e. The van der Waals surface area contributed by atoms with Crippen LogP contribution >= 0.6 is 0 Å². The lowest BCUT2D eigenvalue weighted by atomic mass is 9.99. The van der Waals surface area contributed by atoms with Gasteiger partial charge >= 0.3 is 0 Å². The van der Waals surface area contributed by atoms with Crippen molar-refractivity contribution in [3.8, 4) is 0 Å². The van der Waals surface area contributed by atoms with Gasteiger partial charge in [-0.05, 0) is 32.1 Å². The number of aliphatic hydroxyl groups excluding tert-OH is 5. The molecule has 0 saturated carbocycles. The Morgan fingerprint density at radius 3 is 1.45 bits per heavy atom. The molecule has 1 rings (SSSR count). The Morgan fingerprint density at radius 2 is 0.983 bits per heavy atom. The maximum absolute atomic E-state index is 12.8. The summed E-state index contributed by atoms with van der Waals surface area (Å²) in [6.07, 6.45) is 41.4. The van der Waals surface area contributed by atoms with E-state index in [0.717, 1.165) is 38.5 Å². The first-order valence-electron chi connectivity index (χ1n) is 24.6. The van der Waals surface area contributed by atoms with Crippen LogP contribution in [0, 0.1) is 0 Å². The fourth-order valence-corrected chi connectivity index (χ4v) is 7.82. The third-order valence-electron chi connectivity index (χ3n) is 11.8. The molecule has 1 saturated heterocycles. The first kappa shape index (κ1) is 54.7. The highest BCUT2D eigenvalue weighted by Gasteiger charge is 2.44. The Labute approximate surface area is 356 Å². The molecule has 1 aliphatic heterocycles. The Morgan fingerprint density at radius 1 is 0.569 bits per heavy atom. The van der Waals surface area contributed by atoms with Crippen LogP contribution in [-0.2, 0) is 14.3 Å². The molecule has 0 aromatic carbocycles. The van der Waals surface area contributed by atoms with E-state index in [1.165, 1.54) is 167 Å². The maximum atomic E-state index is 12.8. The van der Waals surface area contributed by atoms with Crippen molar-refractivity contribution in [3.05, 3.63) is 24.3 Å². The van der Waals surface area contributed by atoms with Crippen LogP contribution in [0.25, 0.3) is 0 Å². The van der Waals surface area contributed by atoms with Crippen LogP contribution in [0.2, 0.25) is 0 Å². The lowest BCUT2D eigenvalue weighted by Gasteiger charge is -2.40. The second kappa shape index (κ2) is 39.8. The highest BCUT2D eigenvalue weighted by molar-refractivity contribution is 5.76. The molecule has 1 fully saturated rings. The summed E-state index contributed by atoms with van der Waals surface area (Å²) in [5.41, 5.74) is 0. The van der Waals surface area contributed by atoms with Crippen molar-refractivity contribution >= 4 is 5.91 Å². The number of hydrogen-bond acceptors (Lipinski definition) is 8. The molecule has 7 atom stereocenters. The number of aliphatic hydroxyl groups is 5. The van der Waals surface area contributed by atoms with Gasteiger partial charge in [-0.2, -0.15) is 0 Å². The zero-order valence-corrected chi connectivity index (χ0v) is 37.6. The summed E-state index contributed by atoms with van der Waals surface area (Å²) in [6, 6.07) is -0.815. The molecular formula is C49H93NO8. The van der Waals surface area contributed by atoms with E-state index < -0.39 is 49.5 Å². The molecule has 7 unspecified atom stereocenters. The number of carbonyl (C=O) groups is 1. The van der Waals surface area contributed by atoms with Crippen molar-refractivity contribution in [1.82, 2.24) is 5.32 Å². The SMILES string of the molecule is CCCCCCCCCCCCCCCCCCCCCCCC/C=C/CC/C=C/C(O)C(COC1OC(CO)C(O)C(O)C1O)NC(=O)CCCCCCCCC. The van der Waals surface area contributed by atoms with Gasteiger partial charge in [0, 0.05) is 6.42 Å². The van der Waals surface area contributed by atoms with Gasteiger partial charge < -0.3 is 40.3 Å². The van der Waals surface area contributed by atoms with Crippen LogP contribution in [0.3, 0.4) is 0 Å². The minimum atomic E-state index is -1.57. The number of carbonyl (C=O) groups excluding carboxylic acids is 1. The Hall–Kier alpha value is -1.33. The molecule has 1 amide bonds. The standard InChI is InChI=1S/C49H93NO8/c1-3-5-7-9-11-12-13-14-15-16-17-18-19-20-21-22-23-24-25-26-27-28-29-30-31-33-34-36-38-43(52)42(50-45(53)39-37-35-32-10-8-6-4-2)41-57-49-48(56)47(55)46(54)44(40-51)58-49/h30-31,36,38,42-44,46-49,51-52,54-56H,3-29,32-35,37,39-41H2,1-2H3,(H,50,53)/b31-30+,38-36+. The topological polar surface area (TPSA) is 149 Å². The zero-order valence-electron chi connectivity index (χ0n) is 37.6. The maximum Gasteiger partial charge on any atom is 0.220 e. The molecule has 0 aliphatic carbocycles. The molecular weight excluding hydrogens is 731 g/mol. The van der Waals surface area contributed by atoms with Gasteiger partial charge in [0.15, 0.2) is 6.29 Å². The summed E-state index contributed by atoms with van der Waals surface area (Å²) in [5.74, 6) is -0.193. The number of hydrogen-bond donors (Lipinski definition) is 6. The van der Waals surface area contributed by atoms with Crippen LogP contribution in [0.4, 0.5) is 0 Å². The Balaban J connectivity index is 2.18. The molecule has 342 valence electrons. The number of allylic oxidation sites excluding steroid dienone is 3. The van der Waals surface area contributed by atoms with E-state index in [1.54, 1.807) is 6.08 Å². The fourth-order valence-electron chi connectivity index (χ4n) is 7.82. The number of nitrogens with one attached hydrogen (secondary N) is 1. The number of rotatable bonds is 41. The summed E-state index contributed by atoms with van der Waals surface area (Å²) in [6.45, 7) is 3.71. The second-order valence-corrected chi connectivity index (χ2v) is 17.3. The van der Waals surface area contributed by atoms with Gasteiger partial charge in [-0.3, -0.25) is 4.79 Å². The summed E-state index contributed by atoms with van der Waals surface area (Å²) < 4.78 is 11.2. The third kappa shape index (κ3) is 29.8. The van der Waals surface area contributed by atoms with E-state index in [0.29, 0.717) is 6.42 Å². The van der Waals surface area contributed by atoms with Crippen LogP contribution in [0.15, 0.2) is 24.3 Å². The number of amides is 1. The van der Waals surface area contributed by atoms with E-state index in [4.69, 9.17) is 9.47 Å². The van der Waals surface area contributed by atoms with Gasteiger partial charge in [-0.25, -0.2) is 0 Å². The van der Waals surface area contributed by atoms with Crippen LogP contribution < -0.4 is 5.32 Å². The van der Waals surface area contributed by atoms with Crippen molar-refractivity contribution in [2.45, 2.75) is 269 Å². The van der Waals surface area contributed by atoms with E-state index in [2.05, 4.69) is 31.3 Å². The normalized spacial score (nSPS) is 21.0. The Bertz CT molecular complexity index is 961. The van der Waals surface area contributed by atoms with E-state index in [-0.39, 0.29) is 12.5 Å². The van der Waals surface area contributed by atoms with Gasteiger partial charge in [0.05, 0.1) is 25.4 Å². The highest BCUT2D eigenvalue weighted by Crippen LogP contribution is 2.23. The highest BCUT2D eigenvalue weighted by atomic mass is 16.7. The van der Waals surface area contributed by atoms with Crippen LogP contribution in [0.1, 0.15) is 226 Å². The summed E-state index contributed by atoms with van der Waals surface area (Å²) in [5, 5.41) is 54.0. The molecule has 1 heterocycles. The predicted octanol–water partition coefficient (Wildman–Crippen LogP) is 10.7. The molecule has 0 spiro atoms. The molecule has 58 heavy (non-hydrogen) atoms. The van der Waals surface area contributed by atoms with Crippen molar-refractivity contribution in [1.29, 1.82) is 0 Å². The predicted molar refractivity (Wildman–Crippen MR) is 240 cm³/mol. The lowest BCUT2D eigenvalue weighted by molar-refractivity contribution is -0.302. The first-order valence-corrected chi connectivity index (χ1v) is 24.6. The van der Waals surface area contributed by atoms with Crippen molar-refractivity contribution in [2.24, 2.45) is 0 Å². The van der Waals surface area contributed by atoms with E-state index >= 15 is 0 Å². The molecule has 0 bridgehead atoms. The van der Waals surface area contributed by atoms with Crippen molar-refractivity contribution < 1.29 is 39.8 Å². The average Bonchev–Trinajstić information content (AvgIpc) is 3.22. The molecule has 0 aromatic heterocycles. The fraction of sp³-hybridized carbons (Fsp3) is 0.898. The summed E-state index contributed by atoms with van der Waals surface area (Å²) >= 11 is 0. The number of ether oxygens (including phenoxy) is 2. The molecule has 0 aromatic rings. The lowest BCUT2D eigenvalue weighted by Crippen LogP contribution is -2.60. The third-order valence-corrected chi connectivity index (χ3v) is 11.8. The van der Waals surface area contributed by atoms with Crippen molar-refractivity contribution in [2.75, 3.05) is 13.2 Å². The molecule has 9 heteroatoms. The van der Waals surface area contributed by atoms with Gasteiger partial charge in [-0.15, -0.1) is 0 Å². The average molecular weight is 824 g/mol. The van der Waals surface area contributed by atoms with Gasteiger partial charge in [0.2, 0.25) is 5.91 Å². The van der Waals surface area contributed by atoms with Gasteiger partial charge in [-0.1, -0.05) is 212 Å².